The fourth-order valence-electron chi connectivity index (χ4n) is 3.99. The highest BCUT2D eigenvalue weighted by molar-refractivity contribution is 9.10. The number of benzene rings is 3. The quantitative estimate of drug-likeness (QED) is 0.154. The van der Waals surface area contributed by atoms with E-state index in [-0.39, 0.29) is 22.3 Å². The van der Waals surface area contributed by atoms with Gasteiger partial charge in [-0.2, -0.15) is 11.3 Å². The number of hydrogen-bond acceptors (Lipinski definition) is 1. The van der Waals surface area contributed by atoms with Crippen LogP contribution in [-0.4, -0.2) is 25.9 Å². The first-order valence-electron chi connectivity index (χ1n) is 13.3. The fraction of sp³-hybridized carbons (Fsp3) is 0.211. The van der Waals surface area contributed by atoms with Gasteiger partial charge in [0.15, 0.2) is 0 Å². The molecule has 0 saturated carbocycles. The van der Waals surface area contributed by atoms with E-state index in [0.29, 0.717) is 0 Å². The summed E-state index contributed by atoms with van der Waals surface area (Å²) in [4.78, 5) is 0. The first kappa shape index (κ1) is 45.6. The molecule has 0 unspecified atom stereocenters. The molecule has 8 heteroatoms. The van der Waals surface area contributed by atoms with Crippen molar-refractivity contribution in [2.75, 3.05) is 12.2 Å². The molecule has 250 valence electrons. The highest BCUT2D eigenvalue weighted by Gasteiger charge is 1.97. The van der Waals surface area contributed by atoms with Crippen molar-refractivity contribution in [3.8, 4) is 0 Å². The van der Waals surface area contributed by atoms with Gasteiger partial charge < -0.3 is 13.7 Å². The second-order valence-corrected chi connectivity index (χ2v) is 11.4. The average Bonchev–Trinajstić information content (AvgIpc) is 3.88. The van der Waals surface area contributed by atoms with Crippen LogP contribution in [0.3, 0.4) is 0 Å². The number of alkyl halides is 2. The predicted molar refractivity (Wildman–Crippen MR) is 222 cm³/mol. The summed E-state index contributed by atoms with van der Waals surface area (Å²) in [6.07, 6.45) is 7.69. The maximum absolute atomic E-state index is 4.64. The molecule has 0 aliphatic carbocycles. The number of rotatable bonds is 2. The van der Waals surface area contributed by atoms with Gasteiger partial charge in [0.2, 0.25) is 0 Å². The Morgan fingerprint density at radius 2 is 1.07 bits per heavy atom. The Hall–Kier alpha value is -2.55. The van der Waals surface area contributed by atoms with E-state index in [1.807, 2.05) is 40.9 Å². The molecule has 7 aromatic rings. The lowest BCUT2D eigenvalue weighted by atomic mass is 10.2. The van der Waals surface area contributed by atoms with E-state index < -0.39 is 0 Å². The van der Waals surface area contributed by atoms with Crippen LogP contribution >= 0.6 is 70.7 Å². The minimum atomic E-state index is 0. The van der Waals surface area contributed by atoms with E-state index in [9.17, 15) is 0 Å². The van der Waals surface area contributed by atoms with E-state index in [1.165, 1.54) is 38.2 Å². The van der Waals surface area contributed by atoms with Crippen molar-refractivity contribution in [2.24, 2.45) is 14.1 Å². The third kappa shape index (κ3) is 15.4. The van der Waals surface area contributed by atoms with E-state index in [1.54, 1.807) is 11.3 Å². The molecular formula is C38H49Br3ClN3S. The van der Waals surface area contributed by atoms with Crippen LogP contribution in [0.2, 0.25) is 0 Å². The first-order chi connectivity index (χ1) is 21.0. The number of halogens is 4. The Bertz CT molecular complexity index is 1620. The maximum atomic E-state index is 4.64. The maximum Gasteiger partial charge on any atom is 0.0849 e. The lowest BCUT2D eigenvalue weighted by molar-refractivity contribution is 0.787. The molecule has 4 aromatic heterocycles. The summed E-state index contributed by atoms with van der Waals surface area (Å²) in [5, 5.41) is 6.69. The zero-order valence-corrected chi connectivity index (χ0v) is 31.1. The minimum Gasteiger partial charge on any atom is -0.351 e. The molecule has 0 amide bonds. The molecular weight excluding hydrogens is 806 g/mol. The van der Waals surface area contributed by atoms with Gasteiger partial charge in [0, 0.05) is 66.5 Å². The topological polar surface area (TPSA) is 14.8 Å². The lowest BCUT2D eigenvalue weighted by Crippen LogP contribution is -1.97. The van der Waals surface area contributed by atoms with Crippen molar-refractivity contribution in [3.63, 3.8) is 0 Å². The second kappa shape index (κ2) is 26.5. The Kier molecular flexibility index (Phi) is 26.3. The van der Waals surface area contributed by atoms with E-state index in [4.69, 9.17) is 0 Å². The first-order valence-corrected chi connectivity index (χ1v) is 18.2. The molecule has 3 nitrogen and oxygen atoms in total. The molecule has 4 heterocycles. The van der Waals surface area contributed by atoms with Gasteiger partial charge in [-0.3, -0.25) is 0 Å². The number of hydrogen-bond donors (Lipinski definition) is 0. The summed E-state index contributed by atoms with van der Waals surface area (Å²) in [6.45, 7) is 0.925. The molecule has 3 aromatic carbocycles. The largest absolute Gasteiger partial charge is 0.351 e. The van der Waals surface area contributed by atoms with Crippen molar-refractivity contribution < 1.29 is 0 Å². The summed E-state index contributed by atoms with van der Waals surface area (Å²) in [5.74, 6) is 1.81. The number of para-hydroxylation sites is 2. The SMILES string of the molecule is Brc1cccn1Cc1ccccc1.Brc1ccsc1.C.C.C.CBr.CCl.Cn1ccc2ccccc21.Cn1ccc2ccccc21. The third-order valence-corrected chi connectivity index (χ3v) is 8.24. The predicted octanol–water partition coefficient (Wildman–Crippen LogP) is 13.9. The van der Waals surface area contributed by atoms with Gasteiger partial charge in [-0.1, -0.05) is 105 Å². The molecule has 0 fully saturated rings. The molecule has 0 N–H and O–H groups in total. The number of thiophene rings is 1. The summed E-state index contributed by atoms with van der Waals surface area (Å²) in [7, 11) is 4.12. The van der Waals surface area contributed by atoms with Crippen LogP contribution in [0.5, 0.6) is 0 Å². The van der Waals surface area contributed by atoms with Gasteiger partial charge in [0.25, 0.3) is 0 Å². The van der Waals surface area contributed by atoms with Crippen molar-refractivity contribution in [3.05, 3.63) is 153 Å². The van der Waals surface area contributed by atoms with Crippen LogP contribution in [0, 0.1) is 0 Å². The van der Waals surface area contributed by atoms with E-state index in [2.05, 4.69) is 191 Å². The smallest absolute Gasteiger partial charge is 0.0849 e. The molecule has 0 radical (unpaired) electrons. The second-order valence-electron chi connectivity index (χ2n) is 8.86. The van der Waals surface area contributed by atoms with Gasteiger partial charge in [0.05, 0.1) is 4.60 Å². The van der Waals surface area contributed by atoms with Crippen LogP contribution in [0.4, 0.5) is 0 Å². The van der Waals surface area contributed by atoms with Crippen molar-refractivity contribution in [2.45, 2.75) is 28.8 Å². The molecule has 0 atom stereocenters. The third-order valence-electron chi connectivity index (χ3n) is 6.05. The van der Waals surface area contributed by atoms with Gasteiger partial charge >= 0.3 is 0 Å². The lowest BCUT2D eigenvalue weighted by Gasteiger charge is -2.04. The molecule has 0 aliphatic rings. The van der Waals surface area contributed by atoms with Crippen molar-refractivity contribution in [1.82, 2.24) is 13.7 Å². The van der Waals surface area contributed by atoms with Crippen LogP contribution in [0.1, 0.15) is 27.8 Å². The zero-order valence-electron chi connectivity index (χ0n) is 24.7. The van der Waals surface area contributed by atoms with Crippen LogP contribution in [0.15, 0.2) is 148 Å². The molecule has 0 bridgehead atoms. The van der Waals surface area contributed by atoms with Crippen LogP contribution in [0.25, 0.3) is 21.8 Å². The van der Waals surface area contributed by atoms with E-state index >= 15 is 0 Å². The van der Waals surface area contributed by atoms with Gasteiger partial charge in [-0.25, -0.2) is 0 Å². The number of fused-ring (bicyclic) bond motifs is 2. The molecule has 46 heavy (non-hydrogen) atoms. The Morgan fingerprint density at radius 1 is 0.587 bits per heavy atom. The fourth-order valence-corrected chi connectivity index (χ4v) is 5.53. The number of aryl methyl sites for hydroxylation is 2. The van der Waals surface area contributed by atoms with Crippen molar-refractivity contribution >= 4 is 92.5 Å². The minimum absolute atomic E-state index is 0. The summed E-state index contributed by atoms with van der Waals surface area (Å²) in [5.41, 5.74) is 3.91. The van der Waals surface area contributed by atoms with Crippen LogP contribution in [-0.2, 0) is 20.6 Å². The molecule has 7 rings (SSSR count). The molecule has 0 spiro atoms. The average molecular weight is 855 g/mol. The van der Waals surface area contributed by atoms with Crippen LogP contribution < -0.4 is 0 Å². The summed E-state index contributed by atoms with van der Waals surface area (Å²) >= 11 is 16.0. The van der Waals surface area contributed by atoms with Crippen molar-refractivity contribution in [1.29, 1.82) is 0 Å². The Balaban J connectivity index is 0. The Morgan fingerprint density at radius 3 is 1.43 bits per heavy atom. The summed E-state index contributed by atoms with van der Waals surface area (Å²) in [6, 6.07) is 37.5. The number of nitrogens with zero attached hydrogens (tertiary/aromatic N) is 3. The molecule has 0 aliphatic heterocycles. The highest BCUT2D eigenvalue weighted by atomic mass is 79.9. The summed E-state index contributed by atoms with van der Waals surface area (Å²) < 4.78 is 8.70. The Labute approximate surface area is 312 Å². The molecule has 0 saturated heterocycles. The zero-order chi connectivity index (χ0) is 31.5. The van der Waals surface area contributed by atoms with Gasteiger partial charge in [-0.15, -0.1) is 11.6 Å². The highest BCUT2D eigenvalue weighted by Crippen LogP contribution is 2.14. The number of aromatic nitrogens is 3. The van der Waals surface area contributed by atoms with Gasteiger partial charge in [0.1, 0.15) is 0 Å². The standard InChI is InChI=1S/C11H10BrN.2C9H9N.C4H3BrS.CH3Br.CH3Cl.3CH4/c12-11-7-4-8-13(11)9-10-5-2-1-3-6-10;2*1-10-7-6-8-4-2-3-5-9(8)10;5-4-1-2-6-3-4;2*1-2;;;/h1-8H,9H2;2*2-7H,1H3;1-3H;2*1H3;3*1H4. The van der Waals surface area contributed by atoms with Gasteiger partial charge in [-0.05, 0) is 102 Å². The normalized spacial score (nSPS) is 8.87. The monoisotopic (exact) mass is 851 g/mol. The van der Waals surface area contributed by atoms with E-state index in [0.717, 1.165) is 11.1 Å².